The van der Waals surface area contributed by atoms with E-state index in [0.717, 1.165) is 16.8 Å². The largest absolute Gasteiger partial charge is 0.494 e. The number of amides is 1. The molecule has 6 heteroatoms. The highest BCUT2D eigenvalue weighted by atomic mass is 35.5. The lowest BCUT2D eigenvalue weighted by Crippen LogP contribution is -2.13. The number of anilines is 1. The molecule has 0 saturated carbocycles. The van der Waals surface area contributed by atoms with E-state index in [2.05, 4.69) is 5.32 Å². The van der Waals surface area contributed by atoms with E-state index >= 15 is 0 Å². The van der Waals surface area contributed by atoms with Crippen LogP contribution in [0.25, 0.3) is 0 Å². The van der Waals surface area contributed by atoms with Crippen molar-refractivity contribution in [2.45, 2.75) is 26.7 Å². The molecule has 0 unspecified atom stereocenters. The summed E-state index contributed by atoms with van der Waals surface area (Å²) in [6.07, 6.45) is 0.750. The van der Waals surface area contributed by atoms with Gasteiger partial charge < -0.3 is 14.8 Å². The zero-order chi connectivity index (χ0) is 22.2. The van der Waals surface area contributed by atoms with Crippen molar-refractivity contribution in [2.24, 2.45) is 0 Å². The molecule has 3 aromatic carbocycles. The molecule has 0 saturated heterocycles. The van der Waals surface area contributed by atoms with Crippen LogP contribution in [0.5, 0.6) is 11.5 Å². The van der Waals surface area contributed by atoms with Gasteiger partial charge in [0.1, 0.15) is 11.5 Å². The first-order chi connectivity index (χ1) is 14.9. The molecule has 0 aliphatic heterocycles. The van der Waals surface area contributed by atoms with Gasteiger partial charge in [0.05, 0.1) is 6.61 Å². The number of hydrogen-bond donors (Lipinski definition) is 1. The Kier molecular flexibility index (Phi) is 7.68. The average molecular weight is 438 g/mol. The van der Waals surface area contributed by atoms with Gasteiger partial charge in [-0.2, -0.15) is 0 Å². The molecule has 1 amide bonds. The van der Waals surface area contributed by atoms with Crippen LogP contribution in [0.2, 0.25) is 5.02 Å². The Labute approximate surface area is 187 Å². The Bertz CT molecular complexity index is 1050. The highest BCUT2D eigenvalue weighted by Crippen LogP contribution is 2.19. The molecule has 0 bridgehead atoms. The third-order valence-corrected chi connectivity index (χ3v) is 4.85. The molecular weight excluding hydrogens is 414 g/mol. The first-order valence-electron chi connectivity index (χ1n) is 9.98. The van der Waals surface area contributed by atoms with Crippen molar-refractivity contribution in [3.8, 4) is 11.5 Å². The van der Waals surface area contributed by atoms with E-state index in [0.29, 0.717) is 35.1 Å². The lowest BCUT2D eigenvalue weighted by Gasteiger charge is -2.10. The number of nitrogens with one attached hydrogen (secondary N) is 1. The Morgan fingerprint density at radius 2 is 1.58 bits per heavy atom. The lowest BCUT2D eigenvalue weighted by atomic mass is 10.1. The van der Waals surface area contributed by atoms with E-state index in [9.17, 15) is 9.59 Å². The van der Waals surface area contributed by atoms with Gasteiger partial charge in [0.2, 0.25) is 0 Å². The lowest BCUT2D eigenvalue weighted by molar-refractivity contribution is -0.134. The zero-order valence-corrected chi connectivity index (χ0v) is 18.2. The predicted molar refractivity (Wildman–Crippen MR) is 122 cm³/mol. The molecule has 0 aromatic heterocycles. The van der Waals surface area contributed by atoms with Gasteiger partial charge in [-0.25, -0.2) is 0 Å². The Morgan fingerprint density at radius 1 is 0.903 bits per heavy atom. The molecular formula is C25H24ClNO4. The average Bonchev–Trinajstić information content (AvgIpc) is 2.75. The van der Waals surface area contributed by atoms with Gasteiger partial charge in [-0.05, 0) is 86.0 Å². The second-order valence-electron chi connectivity index (χ2n) is 7.18. The number of halogens is 1. The first-order valence-corrected chi connectivity index (χ1v) is 10.4. The molecule has 0 heterocycles. The molecule has 0 spiro atoms. The summed E-state index contributed by atoms with van der Waals surface area (Å²) in [7, 11) is 0. The summed E-state index contributed by atoms with van der Waals surface area (Å²) in [5.74, 6) is 0.526. The third-order valence-electron chi connectivity index (χ3n) is 4.60. The van der Waals surface area contributed by atoms with Gasteiger partial charge in [0.25, 0.3) is 5.91 Å². The maximum Gasteiger partial charge on any atom is 0.311 e. The smallest absolute Gasteiger partial charge is 0.311 e. The van der Waals surface area contributed by atoms with Gasteiger partial charge in [0.15, 0.2) is 0 Å². The van der Waals surface area contributed by atoms with Crippen molar-refractivity contribution >= 4 is 29.2 Å². The van der Waals surface area contributed by atoms with Gasteiger partial charge in [-0.3, -0.25) is 9.59 Å². The SMILES string of the molecule is Cc1ccc(C)c(NC(=O)c2ccc(OC(=O)CCCOc3ccc(Cl)cc3)cc2)c1. The Balaban J connectivity index is 1.45. The molecule has 31 heavy (non-hydrogen) atoms. The van der Waals surface area contributed by atoms with Crippen LogP contribution in [0.4, 0.5) is 5.69 Å². The number of rotatable bonds is 8. The van der Waals surface area contributed by atoms with Crippen molar-refractivity contribution in [1.29, 1.82) is 0 Å². The summed E-state index contributed by atoms with van der Waals surface area (Å²) < 4.78 is 10.9. The fraction of sp³-hybridized carbons (Fsp3) is 0.200. The molecule has 1 N–H and O–H groups in total. The molecule has 160 valence electrons. The monoisotopic (exact) mass is 437 g/mol. The van der Waals surface area contributed by atoms with Crippen LogP contribution in [0.3, 0.4) is 0 Å². The summed E-state index contributed by atoms with van der Waals surface area (Å²) in [5.41, 5.74) is 3.32. The van der Waals surface area contributed by atoms with Crippen molar-refractivity contribution < 1.29 is 19.1 Å². The molecule has 0 fully saturated rings. The summed E-state index contributed by atoms with van der Waals surface area (Å²) in [4.78, 5) is 24.5. The van der Waals surface area contributed by atoms with Crippen molar-refractivity contribution in [2.75, 3.05) is 11.9 Å². The Hall–Kier alpha value is -3.31. The van der Waals surface area contributed by atoms with E-state index in [1.54, 1.807) is 48.5 Å². The number of benzene rings is 3. The van der Waals surface area contributed by atoms with Crippen LogP contribution < -0.4 is 14.8 Å². The van der Waals surface area contributed by atoms with Crippen LogP contribution in [-0.2, 0) is 4.79 Å². The normalized spacial score (nSPS) is 10.4. The van der Waals surface area contributed by atoms with Gasteiger partial charge >= 0.3 is 5.97 Å². The molecule has 5 nitrogen and oxygen atoms in total. The van der Waals surface area contributed by atoms with E-state index in [4.69, 9.17) is 21.1 Å². The number of carbonyl (C=O) groups is 2. The molecule has 0 aliphatic carbocycles. The van der Waals surface area contributed by atoms with Crippen LogP contribution in [0.1, 0.15) is 34.3 Å². The number of carbonyl (C=O) groups excluding carboxylic acids is 2. The van der Waals surface area contributed by atoms with E-state index in [1.807, 2.05) is 32.0 Å². The molecule has 0 radical (unpaired) electrons. The number of esters is 1. The fourth-order valence-electron chi connectivity index (χ4n) is 2.86. The molecule has 0 aliphatic rings. The summed E-state index contributed by atoms with van der Waals surface area (Å²) >= 11 is 5.83. The van der Waals surface area contributed by atoms with Crippen molar-refractivity contribution in [3.05, 3.63) is 88.4 Å². The zero-order valence-electron chi connectivity index (χ0n) is 17.5. The number of hydrogen-bond acceptors (Lipinski definition) is 4. The number of ether oxygens (including phenoxy) is 2. The van der Waals surface area contributed by atoms with Crippen LogP contribution in [-0.4, -0.2) is 18.5 Å². The second kappa shape index (κ2) is 10.6. The minimum absolute atomic E-state index is 0.217. The minimum atomic E-state index is -0.354. The maximum absolute atomic E-state index is 12.5. The highest BCUT2D eigenvalue weighted by molar-refractivity contribution is 6.30. The molecule has 3 aromatic rings. The predicted octanol–water partition coefficient (Wildman–Crippen LogP) is 5.97. The Morgan fingerprint density at radius 3 is 2.29 bits per heavy atom. The fourth-order valence-corrected chi connectivity index (χ4v) is 2.99. The number of aryl methyl sites for hydroxylation is 2. The summed E-state index contributed by atoms with van der Waals surface area (Å²) in [5, 5.41) is 3.55. The van der Waals surface area contributed by atoms with E-state index in [1.165, 1.54) is 0 Å². The molecule has 3 rings (SSSR count). The highest BCUT2D eigenvalue weighted by Gasteiger charge is 2.10. The summed E-state index contributed by atoms with van der Waals surface area (Å²) in [6, 6.07) is 19.4. The van der Waals surface area contributed by atoms with Crippen molar-refractivity contribution in [3.63, 3.8) is 0 Å². The second-order valence-corrected chi connectivity index (χ2v) is 7.61. The van der Waals surface area contributed by atoms with Crippen LogP contribution in [0, 0.1) is 13.8 Å². The minimum Gasteiger partial charge on any atom is -0.494 e. The van der Waals surface area contributed by atoms with E-state index in [-0.39, 0.29) is 18.3 Å². The maximum atomic E-state index is 12.5. The van der Waals surface area contributed by atoms with Crippen LogP contribution in [0.15, 0.2) is 66.7 Å². The van der Waals surface area contributed by atoms with Gasteiger partial charge in [-0.15, -0.1) is 0 Å². The van der Waals surface area contributed by atoms with Gasteiger partial charge in [-0.1, -0.05) is 23.7 Å². The summed E-state index contributed by atoms with van der Waals surface area (Å²) in [6.45, 7) is 4.31. The standard InChI is InChI=1S/C25H24ClNO4/c1-17-5-6-18(2)23(16-17)27-25(29)19-7-11-22(12-8-19)31-24(28)4-3-15-30-21-13-9-20(26)10-14-21/h5-14,16H,3-4,15H2,1-2H3,(H,27,29). The van der Waals surface area contributed by atoms with E-state index < -0.39 is 0 Å². The third kappa shape index (κ3) is 6.86. The molecule has 0 atom stereocenters. The van der Waals surface area contributed by atoms with Crippen LogP contribution >= 0.6 is 11.6 Å². The topological polar surface area (TPSA) is 64.6 Å². The van der Waals surface area contributed by atoms with Crippen molar-refractivity contribution in [1.82, 2.24) is 0 Å². The quantitative estimate of drug-likeness (QED) is 0.267. The first kappa shape index (κ1) is 22.4. The van der Waals surface area contributed by atoms with Gasteiger partial charge in [0, 0.05) is 22.7 Å².